The molecule has 0 heterocycles. The number of nitrogens with one attached hydrogen (secondary N) is 1. The molecule has 0 spiro atoms. The molecule has 7 heteroatoms. The molecule has 1 amide bonds. The topological polar surface area (TPSA) is 64.6 Å². The van der Waals surface area contributed by atoms with E-state index >= 15 is 0 Å². The summed E-state index contributed by atoms with van der Waals surface area (Å²) < 4.78 is 26.0. The molecule has 1 N–H and O–H groups in total. The lowest BCUT2D eigenvalue weighted by Crippen LogP contribution is -2.67. The number of carbonyl (C=O) groups excluding carboxylic acids is 1. The molecule has 2 atom stereocenters. The highest BCUT2D eigenvalue weighted by atomic mass is 32.2. The van der Waals surface area contributed by atoms with Gasteiger partial charge in [0.2, 0.25) is 0 Å². The Hall–Kier alpha value is -2.74. The predicted octanol–water partition coefficient (Wildman–Crippen LogP) is 5.57. The van der Waals surface area contributed by atoms with Crippen LogP contribution in [0.3, 0.4) is 0 Å². The molecule has 0 aliphatic carbocycles. The molecule has 0 saturated carbocycles. The second kappa shape index (κ2) is 12.4. The molecule has 3 aromatic rings. The molecule has 0 aliphatic heterocycles. The third-order valence-corrected chi connectivity index (χ3v) is 12.8. The van der Waals surface area contributed by atoms with Gasteiger partial charge in [0.1, 0.15) is 5.60 Å². The van der Waals surface area contributed by atoms with Gasteiger partial charge in [0.25, 0.3) is 8.32 Å². The summed E-state index contributed by atoms with van der Waals surface area (Å²) in [6.45, 7) is 14.3. The van der Waals surface area contributed by atoms with Crippen molar-refractivity contribution < 1.29 is 18.2 Å². The molecular weight excluding hydrogens is 510 g/mol. The number of aryl methyl sites for hydroxylation is 1. The largest absolute Gasteiger partial charge is 0.444 e. The van der Waals surface area contributed by atoms with Crippen LogP contribution < -0.4 is 15.7 Å². The van der Waals surface area contributed by atoms with Gasteiger partial charge in [0.05, 0.1) is 29.2 Å². The van der Waals surface area contributed by atoms with E-state index in [4.69, 9.17) is 9.16 Å². The molecule has 38 heavy (non-hydrogen) atoms. The Kier molecular flexibility index (Phi) is 9.73. The van der Waals surface area contributed by atoms with Gasteiger partial charge >= 0.3 is 6.09 Å². The van der Waals surface area contributed by atoms with Crippen LogP contribution in [0.1, 0.15) is 47.1 Å². The SMILES string of the molecule is Cc1ccc([S@](=O)C[C@H](CO[Si](c2ccccc2)(c2ccccc2)C(C)(C)C)NC(=O)OC(C)(C)C)cc1. The second-order valence-corrected chi connectivity index (χ2v) is 17.4. The third-order valence-electron chi connectivity index (χ3n) is 6.28. The lowest BCUT2D eigenvalue weighted by molar-refractivity contribution is 0.0493. The van der Waals surface area contributed by atoms with Crippen molar-refractivity contribution in [3.63, 3.8) is 0 Å². The molecule has 0 radical (unpaired) electrons. The minimum absolute atomic E-state index is 0.199. The summed E-state index contributed by atoms with van der Waals surface area (Å²) in [4.78, 5) is 13.5. The smallest absolute Gasteiger partial charge is 0.407 e. The Labute approximate surface area is 231 Å². The summed E-state index contributed by atoms with van der Waals surface area (Å²) in [5.74, 6) is 0.209. The van der Waals surface area contributed by atoms with Gasteiger partial charge in [-0.25, -0.2) is 4.79 Å². The van der Waals surface area contributed by atoms with Crippen molar-refractivity contribution in [3.05, 3.63) is 90.5 Å². The van der Waals surface area contributed by atoms with E-state index in [-0.39, 0.29) is 17.4 Å². The number of amides is 1. The number of ether oxygens (including phenoxy) is 1. The fraction of sp³-hybridized carbons (Fsp3) is 0.387. The van der Waals surface area contributed by atoms with E-state index in [1.807, 2.05) is 88.4 Å². The highest BCUT2D eigenvalue weighted by Crippen LogP contribution is 2.36. The Morgan fingerprint density at radius 2 is 1.34 bits per heavy atom. The number of hydrogen-bond acceptors (Lipinski definition) is 4. The maximum Gasteiger partial charge on any atom is 0.407 e. The van der Waals surface area contributed by atoms with Crippen molar-refractivity contribution >= 4 is 35.6 Å². The lowest BCUT2D eigenvalue weighted by Gasteiger charge is -2.43. The normalized spacial score (nSPS) is 14.0. The van der Waals surface area contributed by atoms with E-state index in [2.05, 4.69) is 50.4 Å². The summed E-state index contributed by atoms with van der Waals surface area (Å²) in [6, 6.07) is 27.8. The molecule has 0 saturated heterocycles. The van der Waals surface area contributed by atoms with Crippen LogP contribution in [0.2, 0.25) is 5.04 Å². The number of hydrogen-bond donors (Lipinski definition) is 1. The van der Waals surface area contributed by atoms with Gasteiger partial charge in [-0.1, -0.05) is 99.1 Å². The monoisotopic (exact) mass is 551 g/mol. The molecule has 0 fully saturated rings. The zero-order valence-electron chi connectivity index (χ0n) is 23.6. The lowest BCUT2D eigenvalue weighted by atomic mass is 10.2. The first-order chi connectivity index (χ1) is 17.8. The minimum Gasteiger partial charge on any atom is -0.444 e. The van der Waals surface area contributed by atoms with Crippen LogP contribution in [0.25, 0.3) is 0 Å². The standard InChI is InChI=1S/C31H41NO4SSi/c1-24-18-20-26(21-19-24)37(34)23-25(32-29(33)36-30(2,3)4)22-35-38(31(5,6)7,27-14-10-8-11-15-27)28-16-12-9-13-17-28/h8-21,25H,22-23H2,1-7H3,(H,32,33)/t25-,37+/m0/s1. The maximum absolute atomic E-state index is 13.4. The van der Waals surface area contributed by atoms with E-state index in [1.54, 1.807) is 0 Å². The van der Waals surface area contributed by atoms with Crippen molar-refractivity contribution in [2.75, 3.05) is 12.4 Å². The van der Waals surface area contributed by atoms with Crippen LogP contribution in [0.15, 0.2) is 89.8 Å². The summed E-state index contributed by atoms with van der Waals surface area (Å²) in [7, 11) is -4.17. The number of rotatable bonds is 9. The van der Waals surface area contributed by atoms with Crippen molar-refractivity contribution in [1.29, 1.82) is 0 Å². The molecule has 0 unspecified atom stereocenters. The van der Waals surface area contributed by atoms with E-state index in [9.17, 15) is 9.00 Å². The van der Waals surface area contributed by atoms with Crippen LogP contribution in [0.5, 0.6) is 0 Å². The number of benzene rings is 3. The average Bonchev–Trinajstić information content (AvgIpc) is 2.84. The average molecular weight is 552 g/mol. The minimum atomic E-state index is -2.84. The van der Waals surface area contributed by atoms with Crippen molar-refractivity contribution in [2.24, 2.45) is 0 Å². The summed E-state index contributed by atoms with van der Waals surface area (Å²) in [6.07, 6.45) is -0.547. The predicted molar refractivity (Wildman–Crippen MR) is 159 cm³/mol. The third kappa shape index (κ3) is 7.65. The van der Waals surface area contributed by atoms with E-state index in [0.29, 0.717) is 0 Å². The summed E-state index contributed by atoms with van der Waals surface area (Å²) in [5, 5.41) is 5.03. The van der Waals surface area contributed by atoms with Crippen LogP contribution in [-0.2, 0) is 20.0 Å². The number of carbonyl (C=O) groups is 1. The Bertz CT molecular complexity index is 1160. The summed E-state index contributed by atoms with van der Waals surface area (Å²) in [5.41, 5.74) is 0.452. The first-order valence-electron chi connectivity index (χ1n) is 13.0. The molecule has 0 aromatic heterocycles. The number of alkyl carbamates (subject to hydrolysis) is 1. The van der Waals surface area contributed by atoms with E-state index < -0.39 is 36.9 Å². The first kappa shape index (κ1) is 29.8. The molecule has 3 aromatic carbocycles. The van der Waals surface area contributed by atoms with Crippen LogP contribution in [0, 0.1) is 6.92 Å². The van der Waals surface area contributed by atoms with Gasteiger partial charge in [-0.3, -0.25) is 4.21 Å². The fourth-order valence-electron chi connectivity index (χ4n) is 4.56. The molecule has 0 bridgehead atoms. The van der Waals surface area contributed by atoms with E-state index in [1.165, 1.54) is 0 Å². The molecule has 0 aliphatic rings. The molecule has 3 rings (SSSR count). The Morgan fingerprint density at radius 1 is 0.842 bits per heavy atom. The Morgan fingerprint density at radius 3 is 1.79 bits per heavy atom. The second-order valence-electron chi connectivity index (χ2n) is 11.6. The van der Waals surface area contributed by atoms with Gasteiger partial charge < -0.3 is 14.5 Å². The zero-order valence-corrected chi connectivity index (χ0v) is 25.4. The van der Waals surface area contributed by atoms with Crippen LogP contribution >= 0.6 is 0 Å². The van der Waals surface area contributed by atoms with Gasteiger partial charge in [-0.05, 0) is 55.2 Å². The maximum atomic E-state index is 13.4. The highest BCUT2D eigenvalue weighted by molar-refractivity contribution is 7.85. The van der Waals surface area contributed by atoms with E-state index in [0.717, 1.165) is 20.8 Å². The molecular formula is C31H41NO4SSi. The van der Waals surface area contributed by atoms with Gasteiger partial charge in [-0.15, -0.1) is 0 Å². The Balaban J connectivity index is 1.98. The quantitative estimate of drug-likeness (QED) is 0.353. The fourth-order valence-corrected chi connectivity index (χ4v) is 10.3. The van der Waals surface area contributed by atoms with Gasteiger partial charge in [-0.2, -0.15) is 0 Å². The first-order valence-corrected chi connectivity index (χ1v) is 16.2. The van der Waals surface area contributed by atoms with Crippen molar-refractivity contribution in [3.8, 4) is 0 Å². The van der Waals surface area contributed by atoms with Crippen LogP contribution in [-0.4, -0.2) is 42.6 Å². The van der Waals surface area contributed by atoms with Crippen LogP contribution in [0.4, 0.5) is 4.79 Å². The van der Waals surface area contributed by atoms with Crippen molar-refractivity contribution in [2.45, 2.75) is 70.0 Å². The van der Waals surface area contributed by atoms with Gasteiger partial charge in [0.15, 0.2) is 0 Å². The molecule has 204 valence electrons. The zero-order chi connectivity index (χ0) is 28.0. The van der Waals surface area contributed by atoms with Gasteiger partial charge in [0, 0.05) is 4.90 Å². The van der Waals surface area contributed by atoms with Crippen molar-refractivity contribution in [1.82, 2.24) is 5.32 Å². The molecule has 5 nitrogen and oxygen atoms in total. The highest BCUT2D eigenvalue weighted by Gasteiger charge is 2.50. The summed E-state index contributed by atoms with van der Waals surface area (Å²) >= 11 is 0.